The van der Waals surface area contributed by atoms with E-state index >= 15 is 0 Å². The van der Waals surface area contributed by atoms with E-state index in [1.807, 2.05) is 0 Å². The molecule has 1 unspecified atom stereocenters. The van der Waals surface area contributed by atoms with Crippen LogP contribution in [0.4, 0.5) is 23.2 Å². The van der Waals surface area contributed by atoms with Gasteiger partial charge < -0.3 is 10.6 Å². The van der Waals surface area contributed by atoms with Crippen molar-refractivity contribution in [2.24, 2.45) is 0 Å². The first-order chi connectivity index (χ1) is 8.69. The molecule has 0 aromatic heterocycles. The third-order valence-electron chi connectivity index (χ3n) is 2.16. The number of amides is 1. The summed E-state index contributed by atoms with van der Waals surface area (Å²) in [5.41, 5.74) is 0.334. The van der Waals surface area contributed by atoms with Crippen molar-refractivity contribution < 1.29 is 22.4 Å². The largest absolute Gasteiger partial charge is 0.405 e. The Morgan fingerprint density at radius 3 is 2.58 bits per heavy atom. The summed E-state index contributed by atoms with van der Waals surface area (Å²) in [4.78, 5) is 11.4. The van der Waals surface area contributed by atoms with Crippen molar-refractivity contribution in [1.29, 1.82) is 0 Å². The Balaban J connectivity index is 2.56. The number of benzene rings is 1. The number of halogens is 5. The fourth-order valence-corrected chi connectivity index (χ4v) is 1.42. The highest BCUT2D eigenvalue weighted by atomic mass is 35.5. The van der Waals surface area contributed by atoms with E-state index in [-0.39, 0.29) is 5.02 Å². The quantitative estimate of drug-likeness (QED) is 0.839. The third kappa shape index (κ3) is 5.34. The molecule has 0 spiro atoms. The van der Waals surface area contributed by atoms with Gasteiger partial charge in [-0.2, -0.15) is 13.2 Å². The molecule has 1 amide bonds. The Kier molecular flexibility index (Phi) is 4.99. The summed E-state index contributed by atoms with van der Waals surface area (Å²) in [6.45, 7) is -0.0228. The molecule has 1 atom stereocenters. The summed E-state index contributed by atoms with van der Waals surface area (Å²) < 4.78 is 48.6. The summed E-state index contributed by atoms with van der Waals surface area (Å²) in [5, 5.41) is 4.21. The van der Waals surface area contributed by atoms with Gasteiger partial charge in [-0.3, -0.25) is 4.79 Å². The average Bonchev–Trinajstić information content (AvgIpc) is 2.29. The standard InChI is InChI=1S/C11H11ClF4N2O/c1-6(10(19)17-5-11(14,15)16)18-7-2-3-9(13)8(12)4-7/h2-4,6,18H,5H2,1H3,(H,17,19). The van der Waals surface area contributed by atoms with Crippen molar-refractivity contribution >= 4 is 23.2 Å². The van der Waals surface area contributed by atoms with Crippen molar-refractivity contribution in [2.75, 3.05) is 11.9 Å². The van der Waals surface area contributed by atoms with Crippen molar-refractivity contribution in [3.05, 3.63) is 29.0 Å². The number of hydrogen-bond acceptors (Lipinski definition) is 2. The average molecular weight is 299 g/mol. The molecule has 0 aliphatic carbocycles. The van der Waals surface area contributed by atoms with Gasteiger partial charge in [0, 0.05) is 5.69 Å². The molecule has 2 N–H and O–H groups in total. The Morgan fingerprint density at radius 2 is 2.05 bits per heavy atom. The van der Waals surface area contributed by atoms with Gasteiger partial charge in [-0.25, -0.2) is 4.39 Å². The molecule has 0 heterocycles. The lowest BCUT2D eigenvalue weighted by Crippen LogP contribution is -2.42. The molecule has 0 bridgehead atoms. The van der Waals surface area contributed by atoms with Gasteiger partial charge in [-0.05, 0) is 25.1 Å². The molecule has 1 rings (SSSR count). The molecular weight excluding hydrogens is 288 g/mol. The van der Waals surface area contributed by atoms with Gasteiger partial charge in [0.05, 0.1) is 5.02 Å². The Labute approximate surface area is 111 Å². The second-order valence-corrected chi connectivity index (χ2v) is 4.24. The van der Waals surface area contributed by atoms with Gasteiger partial charge in [0.25, 0.3) is 0 Å². The van der Waals surface area contributed by atoms with Gasteiger partial charge in [0.2, 0.25) is 5.91 Å². The maximum absolute atomic E-state index is 12.9. The maximum atomic E-state index is 12.9. The highest BCUT2D eigenvalue weighted by molar-refractivity contribution is 6.31. The lowest BCUT2D eigenvalue weighted by molar-refractivity contribution is -0.138. The van der Waals surface area contributed by atoms with Crippen LogP contribution in [0.15, 0.2) is 18.2 Å². The fourth-order valence-electron chi connectivity index (χ4n) is 1.24. The number of anilines is 1. The third-order valence-corrected chi connectivity index (χ3v) is 2.45. The minimum Gasteiger partial charge on any atom is -0.374 e. The molecule has 0 saturated carbocycles. The Morgan fingerprint density at radius 1 is 1.42 bits per heavy atom. The first-order valence-electron chi connectivity index (χ1n) is 5.25. The number of nitrogens with one attached hydrogen (secondary N) is 2. The normalized spacial score (nSPS) is 12.9. The lowest BCUT2D eigenvalue weighted by atomic mass is 10.2. The van der Waals surface area contributed by atoms with Crippen molar-refractivity contribution in [3.8, 4) is 0 Å². The summed E-state index contributed by atoms with van der Waals surface area (Å²) in [5.74, 6) is -1.45. The minimum absolute atomic E-state index is 0.145. The van der Waals surface area contributed by atoms with E-state index in [0.29, 0.717) is 5.69 Å². The van der Waals surface area contributed by atoms with Crippen molar-refractivity contribution in [1.82, 2.24) is 5.32 Å². The van der Waals surface area contributed by atoms with Crippen LogP contribution in [0, 0.1) is 5.82 Å². The highest BCUT2D eigenvalue weighted by Gasteiger charge is 2.28. The maximum Gasteiger partial charge on any atom is 0.405 e. The molecule has 106 valence electrons. The van der Waals surface area contributed by atoms with Crippen LogP contribution in [0.1, 0.15) is 6.92 Å². The van der Waals surface area contributed by atoms with Gasteiger partial charge >= 0.3 is 6.18 Å². The van der Waals surface area contributed by atoms with Crippen LogP contribution in [0.3, 0.4) is 0 Å². The summed E-state index contributed by atoms with van der Waals surface area (Å²) in [6.07, 6.45) is -4.46. The zero-order valence-electron chi connectivity index (χ0n) is 9.81. The second kappa shape index (κ2) is 6.10. The first kappa shape index (κ1) is 15.6. The van der Waals surface area contributed by atoms with Crippen LogP contribution >= 0.6 is 11.6 Å². The van der Waals surface area contributed by atoms with E-state index in [4.69, 9.17) is 11.6 Å². The monoisotopic (exact) mass is 298 g/mol. The molecule has 1 aromatic rings. The lowest BCUT2D eigenvalue weighted by Gasteiger charge is -2.16. The molecular formula is C11H11ClF4N2O. The predicted octanol–water partition coefficient (Wildman–Crippen LogP) is 2.96. The van der Waals surface area contributed by atoms with E-state index in [9.17, 15) is 22.4 Å². The molecule has 0 aliphatic rings. The minimum atomic E-state index is -4.46. The highest BCUT2D eigenvalue weighted by Crippen LogP contribution is 2.20. The number of alkyl halides is 3. The Hall–Kier alpha value is -1.50. The summed E-state index contributed by atoms with van der Waals surface area (Å²) >= 11 is 5.53. The van der Waals surface area contributed by atoms with Gasteiger partial charge in [0.1, 0.15) is 18.4 Å². The molecule has 1 aromatic carbocycles. The Bertz CT molecular complexity index is 464. The SMILES string of the molecule is CC(Nc1ccc(F)c(Cl)c1)C(=O)NCC(F)(F)F. The van der Waals surface area contributed by atoms with Gasteiger partial charge in [-0.1, -0.05) is 11.6 Å². The molecule has 19 heavy (non-hydrogen) atoms. The topological polar surface area (TPSA) is 41.1 Å². The molecule has 0 fully saturated rings. The predicted molar refractivity (Wildman–Crippen MR) is 63.6 cm³/mol. The van der Waals surface area contributed by atoms with Crippen LogP contribution in [-0.4, -0.2) is 24.7 Å². The summed E-state index contributed by atoms with van der Waals surface area (Å²) in [7, 11) is 0. The fraction of sp³-hybridized carbons (Fsp3) is 0.364. The van der Waals surface area contributed by atoms with E-state index in [2.05, 4.69) is 5.32 Å². The smallest absolute Gasteiger partial charge is 0.374 e. The van der Waals surface area contributed by atoms with E-state index in [0.717, 1.165) is 6.07 Å². The van der Waals surface area contributed by atoms with Crippen LogP contribution in [-0.2, 0) is 4.79 Å². The van der Waals surface area contributed by atoms with Gasteiger partial charge in [-0.15, -0.1) is 0 Å². The number of carbonyl (C=O) groups excluding carboxylic acids is 1. The van der Waals surface area contributed by atoms with Gasteiger partial charge in [0.15, 0.2) is 0 Å². The molecule has 8 heteroatoms. The van der Waals surface area contributed by atoms with Crippen LogP contribution in [0.2, 0.25) is 5.02 Å². The second-order valence-electron chi connectivity index (χ2n) is 3.83. The van der Waals surface area contributed by atoms with Crippen LogP contribution in [0.5, 0.6) is 0 Å². The van der Waals surface area contributed by atoms with E-state index in [1.54, 1.807) is 5.32 Å². The van der Waals surface area contributed by atoms with Crippen LogP contribution in [0.25, 0.3) is 0 Å². The molecule has 0 radical (unpaired) electrons. The molecule has 3 nitrogen and oxygen atoms in total. The zero-order chi connectivity index (χ0) is 14.6. The van der Waals surface area contributed by atoms with E-state index < -0.39 is 30.5 Å². The number of rotatable bonds is 4. The molecule has 0 aliphatic heterocycles. The van der Waals surface area contributed by atoms with Crippen molar-refractivity contribution in [3.63, 3.8) is 0 Å². The molecule has 0 saturated heterocycles. The summed E-state index contributed by atoms with van der Waals surface area (Å²) in [6, 6.07) is 2.74. The number of hydrogen-bond donors (Lipinski definition) is 2. The van der Waals surface area contributed by atoms with E-state index in [1.165, 1.54) is 19.1 Å². The number of carbonyl (C=O) groups is 1. The van der Waals surface area contributed by atoms with Crippen molar-refractivity contribution in [2.45, 2.75) is 19.1 Å². The zero-order valence-corrected chi connectivity index (χ0v) is 10.6. The first-order valence-corrected chi connectivity index (χ1v) is 5.63. The van der Waals surface area contributed by atoms with Crippen LogP contribution < -0.4 is 10.6 Å².